The molecular formula is C19H30N4O2. The quantitative estimate of drug-likeness (QED) is 0.528. The molecule has 0 amide bonds. The van der Waals surface area contributed by atoms with Crippen molar-refractivity contribution in [3.63, 3.8) is 0 Å². The molecule has 1 heterocycles. The zero-order valence-electron chi connectivity index (χ0n) is 15.5. The lowest BCUT2D eigenvalue weighted by Crippen LogP contribution is -2.01. The van der Waals surface area contributed by atoms with E-state index in [4.69, 9.17) is 9.47 Å². The van der Waals surface area contributed by atoms with Crippen LogP contribution in [0.5, 0.6) is 11.5 Å². The Bertz CT molecular complexity index is 555. The molecule has 0 fully saturated rings. The van der Waals surface area contributed by atoms with Crippen molar-refractivity contribution in [3.05, 3.63) is 18.2 Å². The van der Waals surface area contributed by atoms with E-state index in [1.807, 2.05) is 18.2 Å². The van der Waals surface area contributed by atoms with Crippen LogP contribution in [-0.4, -0.2) is 33.8 Å². The number of benzene rings is 1. The Morgan fingerprint density at radius 3 is 1.88 bits per heavy atom. The summed E-state index contributed by atoms with van der Waals surface area (Å²) in [6.45, 7) is 5.84. The number of nitrogens with zero attached hydrogens (tertiary/aromatic N) is 3. The molecule has 6 heteroatoms. The Balaban J connectivity index is 1.96. The summed E-state index contributed by atoms with van der Waals surface area (Å²) >= 11 is 0. The van der Waals surface area contributed by atoms with Crippen LogP contribution in [0.2, 0.25) is 0 Å². The molecule has 0 aliphatic heterocycles. The molecule has 25 heavy (non-hydrogen) atoms. The van der Waals surface area contributed by atoms with Gasteiger partial charge < -0.3 is 9.47 Å². The molecule has 138 valence electrons. The first-order valence-corrected chi connectivity index (χ1v) is 9.48. The van der Waals surface area contributed by atoms with Crippen molar-refractivity contribution < 1.29 is 9.47 Å². The standard InChI is InChI=1S/C19H30N4O2/c1-3-5-7-9-11-24-17-13-16(19-20-22-23-21-19)14-18(15-17)25-12-10-8-6-4-2/h13-15H,3-12H2,1-2H3,(H,20,21,22,23). The molecule has 6 nitrogen and oxygen atoms in total. The minimum absolute atomic E-state index is 0.548. The second-order valence-corrected chi connectivity index (χ2v) is 6.25. The van der Waals surface area contributed by atoms with E-state index in [0.717, 1.165) is 29.9 Å². The number of rotatable bonds is 13. The van der Waals surface area contributed by atoms with Crippen molar-refractivity contribution >= 4 is 0 Å². The van der Waals surface area contributed by atoms with Gasteiger partial charge in [0, 0.05) is 11.6 Å². The molecular weight excluding hydrogens is 316 g/mol. The lowest BCUT2D eigenvalue weighted by Gasteiger charge is -2.11. The predicted octanol–water partition coefficient (Wildman–Crippen LogP) is 4.78. The summed E-state index contributed by atoms with van der Waals surface area (Å²) in [7, 11) is 0. The van der Waals surface area contributed by atoms with Crippen LogP contribution in [0.4, 0.5) is 0 Å². The average molecular weight is 346 g/mol. The van der Waals surface area contributed by atoms with E-state index < -0.39 is 0 Å². The van der Waals surface area contributed by atoms with Crippen LogP contribution in [0.25, 0.3) is 11.4 Å². The predicted molar refractivity (Wildman–Crippen MR) is 98.9 cm³/mol. The highest BCUT2D eigenvalue weighted by atomic mass is 16.5. The third kappa shape index (κ3) is 7.11. The van der Waals surface area contributed by atoms with E-state index in [1.54, 1.807) is 0 Å². The minimum Gasteiger partial charge on any atom is -0.493 e. The summed E-state index contributed by atoms with van der Waals surface area (Å²) in [5.74, 6) is 2.14. The van der Waals surface area contributed by atoms with Gasteiger partial charge in [-0.1, -0.05) is 52.4 Å². The van der Waals surface area contributed by atoms with Crippen molar-refractivity contribution in [2.75, 3.05) is 13.2 Å². The fourth-order valence-electron chi connectivity index (χ4n) is 2.59. The highest BCUT2D eigenvalue weighted by Crippen LogP contribution is 2.28. The summed E-state index contributed by atoms with van der Waals surface area (Å²) in [6, 6.07) is 5.83. The maximum Gasteiger partial charge on any atom is 0.204 e. The van der Waals surface area contributed by atoms with Gasteiger partial charge in [-0.25, -0.2) is 0 Å². The smallest absolute Gasteiger partial charge is 0.204 e. The Kier molecular flexibility index (Phi) is 8.80. The number of unbranched alkanes of at least 4 members (excludes halogenated alkanes) is 6. The zero-order valence-corrected chi connectivity index (χ0v) is 15.5. The molecule has 0 unspecified atom stereocenters. The molecule has 1 aromatic carbocycles. The Morgan fingerprint density at radius 2 is 1.40 bits per heavy atom. The molecule has 0 radical (unpaired) electrons. The summed E-state index contributed by atoms with van der Waals surface area (Å²) in [5, 5.41) is 14.2. The maximum atomic E-state index is 5.91. The number of H-pyrrole nitrogens is 1. The van der Waals surface area contributed by atoms with E-state index >= 15 is 0 Å². The topological polar surface area (TPSA) is 72.9 Å². The molecule has 0 aliphatic carbocycles. The van der Waals surface area contributed by atoms with Crippen molar-refractivity contribution in [2.24, 2.45) is 0 Å². The van der Waals surface area contributed by atoms with Crippen LogP contribution in [-0.2, 0) is 0 Å². The molecule has 0 atom stereocenters. The molecule has 2 rings (SSSR count). The van der Waals surface area contributed by atoms with Crippen LogP contribution in [0.15, 0.2) is 18.2 Å². The molecule has 0 saturated carbocycles. The van der Waals surface area contributed by atoms with Gasteiger partial charge in [0.15, 0.2) is 0 Å². The van der Waals surface area contributed by atoms with Crippen LogP contribution in [0.1, 0.15) is 65.2 Å². The fourth-order valence-corrected chi connectivity index (χ4v) is 2.59. The number of aromatic amines is 1. The van der Waals surface area contributed by atoms with Gasteiger partial charge in [0.05, 0.1) is 13.2 Å². The normalized spacial score (nSPS) is 10.8. The van der Waals surface area contributed by atoms with E-state index in [2.05, 4.69) is 34.5 Å². The number of aromatic nitrogens is 4. The SMILES string of the molecule is CCCCCCOc1cc(OCCCCCC)cc(-c2nn[nH]n2)c1. The molecule has 0 aliphatic rings. The van der Waals surface area contributed by atoms with Gasteiger partial charge in [0.2, 0.25) is 5.82 Å². The van der Waals surface area contributed by atoms with Gasteiger partial charge in [-0.2, -0.15) is 5.21 Å². The molecule has 2 aromatic rings. The second kappa shape index (κ2) is 11.4. The van der Waals surface area contributed by atoms with E-state index in [0.29, 0.717) is 19.0 Å². The van der Waals surface area contributed by atoms with Crippen molar-refractivity contribution in [2.45, 2.75) is 65.2 Å². The lowest BCUT2D eigenvalue weighted by molar-refractivity contribution is 0.290. The number of ether oxygens (including phenoxy) is 2. The van der Waals surface area contributed by atoms with E-state index in [1.165, 1.54) is 38.5 Å². The van der Waals surface area contributed by atoms with Crippen molar-refractivity contribution in [3.8, 4) is 22.9 Å². The third-order valence-electron chi connectivity index (χ3n) is 4.02. The Hall–Kier alpha value is -2.11. The summed E-state index contributed by atoms with van der Waals surface area (Å²) < 4.78 is 11.8. The molecule has 0 saturated heterocycles. The van der Waals surface area contributed by atoms with Crippen LogP contribution in [0.3, 0.4) is 0 Å². The third-order valence-corrected chi connectivity index (χ3v) is 4.02. The zero-order chi connectivity index (χ0) is 17.7. The van der Waals surface area contributed by atoms with Gasteiger partial charge in [-0.05, 0) is 30.2 Å². The van der Waals surface area contributed by atoms with E-state index in [9.17, 15) is 0 Å². The first-order valence-electron chi connectivity index (χ1n) is 9.48. The fraction of sp³-hybridized carbons (Fsp3) is 0.632. The Labute approximate surface area is 150 Å². The van der Waals surface area contributed by atoms with Gasteiger partial charge in [-0.3, -0.25) is 0 Å². The summed E-state index contributed by atoms with van der Waals surface area (Å²) in [6.07, 6.45) is 9.47. The average Bonchev–Trinajstić information content (AvgIpc) is 3.16. The summed E-state index contributed by atoms with van der Waals surface area (Å²) in [4.78, 5) is 0. The van der Waals surface area contributed by atoms with Crippen LogP contribution < -0.4 is 9.47 Å². The Morgan fingerprint density at radius 1 is 0.800 bits per heavy atom. The monoisotopic (exact) mass is 346 g/mol. The number of hydrogen-bond donors (Lipinski definition) is 1. The summed E-state index contributed by atoms with van der Waals surface area (Å²) in [5.41, 5.74) is 0.850. The first-order chi connectivity index (χ1) is 12.3. The van der Waals surface area contributed by atoms with Crippen molar-refractivity contribution in [1.82, 2.24) is 20.6 Å². The first kappa shape index (κ1) is 19.2. The van der Waals surface area contributed by atoms with Crippen molar-refractivity contribution in [1.29, 1.82) is 0 Å². The van der Waals surface area contributed by atoms with Crippen LogP contribution in [0, 0.1) is 0 Å². The van der Waals surface area contributed by atoms with Gasteiger partial charge >= 0.3 is 0 Å². The molecule has 0 bridgehead atoms. The number of hydrogen-bond acceptors (Lipinski definition) is 5. The number of tetrazole rings is 1. The highest BCUT2D eigenvalue weighted by Gasteiger charge is 2.09. The highest BCUT2D eigenvalue weighted by molar-refractivity contribution is 5.60. The molecule has 0 spiro atoms. The maximum absolute atomic E-state index is 5.91. The van der Waals surface area contributed by atoms with Gasteiger partial charge in [0.25, 0.3) is 0 Å². The second-order valence-electron chi connectivity index (χ2n) is 6.25. The number of nitrogens with one attached hydrogen (secondary N) is 1. The van der Waals surface area contributed by atoms with Crippen LogP contribution >= 0.6 is 0 Å². The van der Waals surface area contributed by atoms with Gasteiger partial charge in [-0.15, -0.1) is 10.2 Å². The minimum atomic E-state index is 0.548. The van der Waals surface area contributed by atoms with E-state index in [-0.39, 0.29) is 0 Å². The molecule has 1 N–H and O–H groups in total. The molecule has 1 aromatic heterocycles. The lowest BCUT2D eigenvalue weighted by atomic mass is 10.2. The van der Waals surface area contributed by atoms with Gasteiger partial charge in [0.1, 0.15) is 11.5 Å². The largest absolute Gasteiger partial charge is 0.493 e.